The SMILES string of the molecule is CC(C)C(=O)C1c2ccccc2C(C(=O)C(C)C)c2ccccc21. The first-order chi connectivity index (χ1) is 11.4. The second-order valence-corrected chi connectivity index (χ2v) is 7.24. The van der Waals surface area contributed by atoms with Gasteiger partial charge in [0.15, 0.2) is 0 Å². The molecule has 24 heavy (non-hydrogen) atoms. The minimum atomic E-state index is -0.270. The molecular formula is C22H24O2. The molecule has 3 rings (SSSR count). The summed E-state index contributed by atoms with van der Waals surface area (Å²) in [7, 11) is 0. The molecule has 0 radical (unpaired) electrons. The van der Waals surface area contributed by atoms with Gasteiger partial charge in [-0.3, -0.25) is 9.59 Å². The topological polar surface area (TPSA) is 34.1 Å². The van der Waals surface area contributed by atoms with Gasteiger partial charge in [-0.1, -0.05) is 76.2 Å². The molecule has 0 N–H and O–H groups in total. The molecule has 0 unspecified atom stereocenters. The highest BCUT2D eigenvalue weighted by Gasteiger charge is 2.39. The lowest BCUT2D eigenvalue weighted by atomic mass is 9.67. The number of ketones is 2. The van der Waals surface area contributed by atoms with Crippen LogP contribution in [-0.4, -0.2) is 11.6 Å². The lowest BCUT2D eigenvalue weighted by Crippen LogP contribution is -2.30. The van der Waals surface area contributed by atoms with Crippen LogP contribution in [0, 0.1) is 11.8 Å². The van der Waals surface area contributed by atoms with Crippen LogP contribution >= 0.6 is 0 Å². The summed E-state index contributed by atoms with van der Waals surface area (Å²) in [4.78, 5) is 25.9. The van der Waals surface area contributed by atoms with Gasteiger partial charge in [0, 0.05) is 11.8 Å². The van der Waals surface area contributed by atoms with Crippen LogP contribution in [0.3, 0.4) is 0 Å². The van der Waals surface area contributed by atoms with Crippen molar-refractivity contribution in [3.8, 4) is 0 Å². The number of carbonyl (C=O) groups excluding carboxylic acids is 2. The first kappa shape index (κ1) is 16.6. The van der Waals surface area contributed by atoms with Gasteiger partial charge in [0.1, 0.15) is 11.6 Å². The summed E-state index contributed by atoms with van der Waals surface area (Å²) in [5, 5.41) is 0. The Bertz CT molecular complexity index is 673. The molecule has 2 aromatic carbocycles. The lowest BCUT2D eigenvalue weighted by molar-refractivity contribution is -0.124. The summed E-state index contributed by atoms with van der Waals surface area (Å²) in [6, 6.07) is 15.9. The Kier molecular flexibility index (Phi) is 4.40. The number of hydrogen-bond acceptors (Lipinski definition) is 2. The molecule has 0 saturated carbocycles. The maximum atomic E-state index is 12.9. The highest BCUT2D eigenvalue weighted by molar-refractivity contribution is 5.97. The summed E-state index contributed by atoms with van der Waals surface area (Å²) >= 11 is 0. The van der Waals surface area contributed by atoms with Crippen LogP contribution < -0.4 is 0 Å². The van der Waals surface area contributed by atoms with Crippen molar-refractivity contribution in [2.45, 2.75) is 39.5 Å². The third kappa shape index (κ3) is 2.60. The van der Waals surface area contributed by atoms with E-state index in [2.05, 4.69) is 0 Å². The molecule has 0 aliphatic heterocycles. The molecule has 0 bridgehead atoms. The van der Waals surface area contributed by atoms with Gasteiger partial charge in [0.05, 0.1) is 11.8 Å². The van der Waals surface area contributed by atoms with Gasteiger partial charge in [0.25, 0.3) is 0 Å². The van der Waals surface area contributed by atoms with Gasteiger partial charge in [-0.2, -0.15) is 0 Å². The molecular weight excluding hydrogens is 296 g/mol. The third-order valence-corrected chi connectivity index (χ3v) is 4.94. The molecule has 0 atom stereocenters. The van der Waals surface area contributed by atoms with E-state index in [1.54, 1.807) is 0 Å². The van der Waals surface area contributed by atoms with Crippen molar-refractivity contribution in [2.24, 2.45) is 11.8 Å². The van der Waals surface area contributed by atoms with E-state index in [4.69, 9.17) is 0 Å². The zero-order valence-electron chi connectivity index (χ0n) is 14.7. The number of hydrogen-bond donors (Lipinski definition) is 0. The van der Waals surface area contributed by atoms with E-state index in [0.29, 0.717) is 0 Å². The van der Waals surface area contributed by atoms with Crippen LogP contribution in [0.25, 0.3) is 0 Å². The second-order valence-electron chi connectivity index (χ2n) is 7.24. The number of Topliss-reactive ketones (excluding diaryl/α,β-unsaturated/α-hetero) is 2. The normalized spacial score (nSPS) is 19.1. The van der Waals surface area contributed by atoms with E-state index in [1.807, 2.05) is 76.2 Å². The highest BCUT2D eigenvalue weighted by atomic mass is 16.1. The Morgan fingerprint density at radius 3 is 1.08 bits per heavy atom. The molecule has 0 spiro atoms. The minimum absolute atomic E-state index is 0.0477. The van der Waals surface area contributed by atoms with E-state index >= 15 is 0 Å². The molecule has 2 heteroatoms. The fourth-order valence-electron chi connectivity index (χ4n) is 3.69. The van der Waals surface area contributed by atoms with E-state index in [0.717, 1.165) is 22.3 Å². The number of fused-ring (bicyclic) bond motifs is 2. The standard InChI is InChI=1S/C22H24O2/c1-13(2)21(23)19-15-9-5-7-11-17(15)20(22(24)14(3)4)18-12-8-6-10-16(18)19/h5-14,19-20H,1-4H3. The molecule has 0 amide bonds. The van der Waals surface area contributed by atoms with Gasteiger partial charge in [-0.05, 0) is 22.3 Å². The quantitative estimate of drug-likeness (QED) is 0.817. The van der Waals surface area contributed by atoms with Crippen molar-refractivity contribution in [3.05, 3.63) is 70.8 Å². The van der Waals surface area contributed by atoms with Crippen molar-refractivity contribution < 1.29 is 9.59 Å². The van der Waals surface area contributed by atoms with Crippen molar-refractivity contribution in [2.75, 3.05) is 0 Å². The van der Waals surface area contributed by atoms with Gasteiger partial charge in [-0.15, -0.1) is 0 Å². The first-order valence-corrected chi connectivity index (χ1v) is 8.68. The van der Waals surface area contributed by atoms with Crippen molar-refractivity contribution in [1.29, 1.82) is 0 Å². The van der Waals surface area contributed by atoms with Gasteiger partial charge in [-0.25, -0.2) is 0 Å². The Morgan fingerprint density at radius 2 is 0.875 bits per heavy atom. The predicted molar refractivity (Wildman–Crippen MR) is 96.3 cm³/mol. The van der Waals surface area contributed by atoms with Crippen molar-refractivity contribution in [3.63, 3.8) is 0 Å². The second kappa shape index (κ2) is 6.35. The molecule has 0 aromatic heterocycles. The minimum Gasteiger partial charge on any atom is -0.298 e. The summed E-state index contributed by atoms with van der Waals surface area (Å²) < 4.78 is 0. The number of benzene rings is 2. The average Bonchev–Trinajstić information content (AvgIpc) is 2.58. The zero-order chi connectivity index (χ0) is 17.4. The molecule has 1 aliphatic carbocycles. The maximum Gasteiger partial charge on any atom is 0.147 e. The van der Waals surface area contributed by atoms with Crippen LogP contribution in [0.1, 0.15) is 61.8 Å². The molecule has 2 aromatic rings. The summed E-state index contributed by atoms with van der Waals surface area (Å²) in [5.74, 6) is -0.208. The number of rotatable bonds is 4. The highest BCUT2D eigenvalue weighted by Crippen LogP contribution is 2.45. The average molecular weight is 320 g/mol. The van der Waals surface area contributed by atoms with Crippen LogP contribution in [0.4, 0.5) is 0 Å². The molecule has 1 aliphatic rings. The van der Waals surface area contributed by atoms with Crippen LogP contribution in [0.2, 0.25) is 0 Å². The summed E-state index contributed by atoms with van der Waals surface area (Å²) in [6.07, 6.45) is 0. The van der Waals surface area contributed by atoms with E-state index in [1.165, 1.54) is 0 Å². The predicted octanol–water partition coefficient (Wildman–Crippen LogP) is 4.71. The molecule has 124 valence electrons. The molecule has 0 heterocycles. The maximum absolute atomic E-state index is 12.9. The van der Waals surface area contributed by atoms with Gasteiger partial charge < -0.3 is 0 Å². The van der Waals surface area contributed by atoms with Crippen LogP contribution in [0.5, 0.6) is 0 Å². The Labute approximate surface area is 143 Å². The van der Waals surface area contributed by atoms with Crippen molar-refractivity contribution >= 4 is 11.6 Å². The van der Waals surface area contributed by atoms with Gasteiger partial charge >= 0.3 is 0 Å². The Hall–Kier alpha value is -2.22. The first-order valence-electron chi connectivity index (χ1n) is 8.68. The lowest BCUT2D eigenvalue weighted by Gasteiger charge is -2.34. The van der Waals surface area contributed by atoms with E-state index in [-0.39, 0.29) is 35.2 Å². The summed E-state index contributed by atoms with van der Waals surface area (Å²) in [6.45, 7) is 7.77. The monoisotopic (exact) mass is 320 g/mol. The fraction of sp³-hybridized carbons (Fsp3) is 0.364. The Balaban J connectivity index is 2.27. The van der Waals surface area contributed by atoms with Gasteiger partial charge in [0.2, 0.25) is 0 Å². The Morgan fingerprint density at radius 1 is 0.625 bits per heavy atom. The van der Waals surface area contributed by atoms with E-state index < -0.39 is 0 Å². The number of carbonyl (C=O) groups is 2. The fourth-order valence-corrected chi connectivity index (χ4v) is 3.69. The third-order valence-electron chi connectivity index (χ3n) is 4.94. The van der Waals surface area contributed by atoms with Crippen LogP contribution in [0.15, 0.2) is 48.5 Å². The van der Waals surface area contributed by atoms with Crippen LogP contribution in [-0.2, 0) is 9.59 Å². The summed E-state index contributed by atoms with van der Waals surface area (Å²) in [5.41, 5.74) is 3.98. The zero-order valence-corrected chi connectivity index (χ0v) is 14.7. The van der Waals surface area contributed by atoms with Crippen molar-refractivity contribution in [1.82, 2.24) is 0 Å². The van der Waals surface area contributed by atoms with E-state index in [9.17, 15) is 9.59 Å². The molecule has 0 saturated heterocycles. The largest absolute Gasteiger partial charge is 0.298 e. The molecule has 0 fully saturated rings. The smallest absolute Gasteiger partial charge is 0.147 e. The molecule has 2 nitrogen and oxygen atoms in total.